The van der Waals surface area contributed by atoms with Gasteiger partial charge < -0.3 is 14.6 Å². The lowest BCUT2D eigenvalue weighted by molar-refractivity contribution is -0.123. The Bertz CT molecular complexity index is 867. The molecular weight excluding hydrogens is 328 g/mol. The van der Waals surface area contributed by atoms with Crippen LogP contribution in [0.2, 0.25) is 0 Å². The quantitative estimate of drug-likeness (QED) is 0.749. The second kappa shape index (κ2) is 7.57. The maximum Gasteiger partial charge on any atom is 0.258 e. The number of amides is 1. The molecule has 1 heterocycles. The van der Waals surface area contributed by atoms with Crippen molar-refractivity contribution in [2.75, 3.05) is 6.61 Å². The van der Waals surface area contributed by atoms with Gasteiger partial charge >= 0.3 is 0 Å². The van der Waals surface area contributed by atoms with Gasteiger partial charge in [-0.05, 0) is 23.8 Å². The second-order valence-corrected chi connectivity index (χ2v) is 5.24. The van der Waals surface area contributed by atoms with E-state index in [9.17, 15) is 13.6 Å². The zero-order valence-corrected chi connectivity index (χ0v) is 13.2. The van der Waals surface area contributed by atoms with Gasteiger partial charge in [0.05, 0.1) is 12.0 Å². The van der Waals surface area contributed by atoms with E-state index in [1.165, 1.54) is 0 Å². The predicted octanol–water partition coefficient (Wildman–Crippen LogP) is 2.85. The van der Waals surface area contributed by atoms with Crippen molar-refractivity contribution in [2.24, 2.45) is 0 Å². The molecule has 0 bridgehead atoms. The molecule has 7 heteroatoms. The minimum Gasteiger partial charge on any atom is -0.481 e. The van der Waals surface area contributed by atoms with Crippen LogP contribution in [0.1, 0.15) is 5.56 Å². The Hall–Kier alpha value is -3.22. The highest BCUT2D eigenvalue weighted by Gasteiger charge is 2.09. The first-order chi connectivity index (χ1) is 12.1. The van der Waals surface area contributed by atoms with Crippen molar-refractivity contribution in [1.82, 2.24) is 14.9 Å². The Morgan fingerprint density at radius 1 is 1.20 bits per heavy atom. The van der Waals surface area contributed by atoms with Crippen LogP contribution in [0.5, 0.6) is 5.75 Å². The molecular formula is C18H15F2N3O2. The Morgan fingerprint density at radius 2 is 2.04 bits per heavy atom. The smallest absolute Gasteiger partial charge is 0.258 e. The lowest BCUT2D eigenvalue weighted by Gasteiger charge is -2.12. The zero-order chi connectivity index (χ0) is 17.6. The Balaban J connectivity index is 1.58. The summed E-state index contributed by atoms with van der Waals surface area (Å²) in [5.41, 5.74) is 1.78. The van der Waals surface area contributed by atoms with E-state index >= 15 is 0 Å². The van der Waals surface area contributed by atoms with E-state index in [-0.39, 0.29) is 18.9 Å². The third-order valence-corrected chi connectivity index (χ3v) is 3.50. The third-order valence-electron chi connectivity index (χ3n) is 3.50. The molecule has 1 aromatic heterocycles. The molecule has 0 aliphatic heterocycles. The maximum absolute atomic E-state index is 13.5. The molecule has 0 spiro atoms. The van der Waals surface area contributed by atoms with Gasteiger partial charge in [-0.15, -0.1) is 0 Å². The highest BCUT2D eigenvalue weighted by Crippen LogP contribution is 2.17. The molecule has 2 aromatic carbocycles. The molecule has 0 saturated heterocycles. The summed E-state index contributed by atoms with van der Waals surface area (Å²) in [6.07, 6.45) is 5.14. The monoisotopic (exact) mass is 343 g/mol. The number of rotatable bonds is 6. The average molecular weight is 343 g/mol. The molecule has 0 aliphatic carbocycles. The number of benzene rings is 2. The molecule has 1 amide bonds. The number of hydrogen-bond donors (Lipinski definition) is 1. The number of carbonyl (C=O) groups excluding carboxylic acids is 1. The van der Waals surface area contributed by atoms with E-state index in [2.05, 4.69) is 10.3 Å². The van der Waals surface area contributed by atoms with Crippen molar-refractivity contribution in [3.05, 3.63) is 78.4 Å². The van der Waals surface area contributed by atoms with E-state index in [1.807, 2.05) is 28.8 Å². The minimum atomic E-state index is -0.849. The van der Waals surface area contributed by atoms with Gasteiger partial charge in [-0.2, -0.15) is 0 Å². The van der Waals surface area contributed by atoms with E-state index in [0.717, 1.165) is 23.4 Å². The number of halogens is 2. The number of aromatic nitrogens is 2. The fraction of sp³-hybridized carbons (Fsp3) is 0.111. The van der Waals surface area contributed by atoms with Gasteiger partial charge in [0.15, 0.2) is 18.2 Å². The molecule has 0 atom stereocenters. The van der Waals surface area contributed by atoms with Crippen molar-refractivity contribution >= 4 is 5.91 Å². The van der Waals surface area contributed by atoms with Crippen LogP contribution in [-0.4, -0.2) is 22.1 Å². The van der Waals surface area contributed by atoms with Crippen LogP contribution in [0.3, 0.4) is 0 Å². The van der Waals surface area contributed by atoms with E-state index in [1.54, 1.807) is 18.7 Å². The molecule has 3 aromatic rings. The van der Waals surface area contributed by atoms with Gasteiger partial charge in [-0.3, -0.25) is 4.79 Å². The molecule has 0 radical (unpaired) electrons. The van der Waals surface area contributed by atoms with Gasteiger partial charge in [0.1, 0.15) is 5.82 Å². The third kappa shape index (κ3) is 4.20. The predicted molar refractivity (Wildman–Crippen MR) is 87.3 cm³/mol. The summed E-state index contributed by atoms with van der Waals surface area (Å²) in [6, 6.07) is 10.5. The molecule has 1 N–H and O–H groups in total. The van der Waals surface area contributed by atoms with Crippen LogP contribution in [0, 0.1) is 11.6 Å². The number of hydrogen-bond acceptors (Lipinski definition) is 3. The maximum atomic E-state index is 13.5. The van der Waals surface area contributed by atoms with Gasteiger partial charge in [0.2, 0.25) is 0 Å². The number of nitrogens with one attached hydrogen (secondary N) is 1. The lowest BCUT2D eigenvalue weighted by Crippen LogP contribution is -2.29. The number of carbonyl (C=O) groups is 1. The molecule has 5 nitrogen and oxygen atoms in total. The van der Waals surface area contributed by atoms with Crippen LogP contribution < -0.4 is 10.1 Å². The van der Waals surface area contributed by atoms with Gasteiger partial charge in [0.25, 0.3) is 5.91 Å². The summed E-state index contributed by atoms with van der Waals surface area (Å²) < 4.78 is 33.2. The van der Waals surface area contributed by atoms with Crippen LogP contribution >= 0.6 is 0 Å². The number of para-hydroxylation sites is 1. The van der Waals surface area contributed by atoms with Crippen molar-refractivity contribution in [3.8, 4) is 11.4 Å². The summed E-state index contributed by atoms with van der Waals surface area (Å²) in [5.74, 6) is -2.14. The molecule has 128 valence electrons. The first-order valence-corrected chi connectivity index (χ1v) is 7.54. The number of nitrogens with zero attached hydrogens (tertiary/aromatic N) is 2. The zero-order valence-electron chi connectivity index (χ0n) is 13.2. The summed E-state index contributed by atoms with van der Waals surface area (Å²) in [4.78, 5) is 15.9. The number of ether oxygens (including phenoxy) is 1. The van der Waals surface area contributed by atoms with E-state index in [0.29, 0.717) is 6.07 Å². The lowest BCUT2D eigenvalue weighted by atomic mass is 10.1. The fourth-order valence-electron chi connectivity index (χ4n) is 2.29. The van der Waals surface area contributed by atoms with Crippen molar-refractivity contribution in [3.63, 3.8) is 0 Å². The van der Waals surface area contributed by atoms with E-state index in [4.69, 9.17) is 4.74 Å². The van der Waals surface area contributed by atoms with Gasteiger partial charge in [-0.1, -0.05) is 18.2 Å². The average Bonchev–Trinajstić information content (AvgIpc) is 3.14. The van der Waals surface area contributed by atoms with Crippen LogP contribution in [0.4, 0.5) is 8.78 Å². The van der Waals surface area contributed by atoms with Gasteiger partial charge in [0, 0.05) is 25.0 Å². The largest absolute Gasteiger partial charge is 0.481 e. The number of imidazole rings is 1. The normalized spacial score (nSPS) is 10.5. The Morgan fingerprint density at radius 3 is 2.80 bits per heavy atom. The molecule has 0 aliphatic rings. The van der Waals surface area contributed by atoms with Crippen LogP contribution in [0.25, 0.3) is 5.69 Å². The fourth-order valence-corrected chi connectivity index (χ4v) is 2.29. The van der Waals surface area contributed by atoms with Crippen molar-refractivity contribution in [2.45, 2.75) is 6.54 Å². The summed E-state index contributed by atoms with van der Waals surface area (Å²) in [5, 5.41) is 2.71. The summed E-state index contributed by atoms with van der Waals surface area (Å²) >= 11 is 0. The Labute approximate surface area is 142 Å². The minimum absolute atomic E-state index is 0.171. The molecule has 0 unspecified atom stereocenters. The first-order valence-electron chi connectivity index (χ1n) is 7.54. The molecule has 0 saturated carbocycles. The highest BCUT2D eigenvalue weighted by atomic mass is 19.1. The standard InChI is InChI=1S/C18H15F2N3O2/c19-14-5-6-17(15(20)9-14)25-11-18(24)22-10-13-3-1-2-4-16(13)23-8-7-21-12-23/h1-9,12H,10-11H2,(H,22,24). The summed E-state index contributed by atoms with van der Waals surface area (Å²) in [6.45, 7) is -0.0851. The Kier molecular flexibility index (Phi) is 5.03. The van der Waals surface area contributed by atoms with E-state index < -0.39 is 17.5 Å². The van der Waals surface area contributed by atoms with Crippen molar-refractivity contribution in [1.29, 1.82) is 0 Å². The molecule has 0 fully saturated rings. The molecule has 25 heavy (non-hydrogen) atoms. The highest BCUT2D eigenvalue weighted by molar-refractivity contribution is 5.77. The summed E-state index contributed by atoms with van der Waals surface area (Å²) in [7, 11) is 0. The van der Waals surface area contributed by atoms with Gasteiger partial charge in [-0.25, -0.2) is 13.8 Å². The van der Waals surface area contributed by atoms with Crippen LogP contribution in [0.15, 0.2) is 61.2 Å². The van der Waals surface area contributed by atoms with Crippen LogP contribution in [-0.2, 0) is 11.3 Å². The second-order valence-electron chi connectivity index (χ2n) is 5.24. The first kappa shape index (κ1) is 16.6. The SMILES string of the molecule is O=C(COc1ccc(F)cc1F)NCc1ccccc1-n1ccnc1. The van der Waals surface area contributed by atoms with Crippen molar-refractivity contribution < 1.29 is 18.3 Å². The topological polar surface area (TPSA) is 56.1 Å². The molecule has 3 rings (SSSR count).